The van der Waals surface area contributed by atoms with E-state index in [1.165, 1.54) is 12.5 Å². The fourth-order valence-electron chi connectivity index (χ4n) is 3.84. The summed E-state index contributed by atoms with van der Waals surface area (Å²) in [6.45, 7) is 2.34. The van der Waals surface area contributed by atoms with Crippen LogP contribution in [0.15, 0.2) is 39.9 Å². The lowest BCUT2D eigenvalue weighted by atomic mass is 9.94. The number of piperidine rings is 1. The van der Waals surface area contributed by atoms with Crippen LogP contribution in [0.1, 0.15) is 48.7 Å². The molecule has 1 fully saturated rings. The SMILES string of the molecule is NC(=O)C[C@@H](c1oc(CN2CCCCC2)cc(=O)c1O)c1cnn2cccnc12. The third kappa shape index (κ3) is 4.00. The topological polar surface area (TPSA) is 127 Å². The minimum absolute atomic E-state index is 0.0175. The van der Waals surface area contributed by atoms with Crippen LogP contribution in [-0.2, 0) is 11.3 Å². The highest BCUT2D eigenvalue weighted by molar-refractivity contribution is 5.76. The highest BCUT2D eigenvalue weighted by Crippen LogP contribution is 2.34. The molecule has 1 saturated heterocycles. The Morgan fingerprint density at radius 3 is 2.86 bits per heavy atom. The summed E-state index contributed by atoms with van der Waals surface area (Å²) in [6.07, 6.45) is 8.12. The number of hydrogen-bond donors (Lipinski definition) is 2. The van der Waals surface area contributed by atoms with Gasteiger partial charge in [0.15, 0.2) is 11.4 Å². The number of nitrogens with zero attached hydrogens (tertiary/aromatic N) is 4. The molecule has 3 N–H and O–H groups in total. The molecule has 0 saturated carbocycles. The summed E-state index contributed by atoms with van der Waals surface area (Å²) in [5.41, 5.74) is 5.97. The predicted molar refractivity (Wildman–Crippen MR) is 104 cm³/mol. The molecule has 29 heavy (non-hydrogen) atoms. The van der Waals surface area contributed by atoms with Crippen molar-refractivity contribution in [3.63, 3.8) is 0 Å². The average molecular weight is 397 g/mol. The van der Waals surface area contributed by atoms with Crippen LogP contribution in [0.25, 0.3) is 5.65 Å². The van der Waals surface area contributed by atoms with Gasteiger partial charge in [0.05, 0.1) is 18.7 Å². The molecule has 3 aromatic heterocycles. The molecule has 9 nitrogen and oxygen atoms in total. The molecular formula is C20H23N5O4. The van der Waals surface area contributed by atoms with Gasteiger partial charge in [0.2, 0.25) is 17.1 Å². The third-order valence-electron chi connectivity index (χ3n) is 5.23. The van der Waals surface area contributed by atoms with Crippen molar-refractivity contribution in [3.05, 3.63) is 58.0 Å². The van der Waals surface area contributed by atoms with E-state index in [-0.39, 0.29) is 12.2 Å². The summed E-state index contributed by atoms with van der Waals surface area (Å²) in [4.78, 5) is 30.7. The van der Waals surface area contributed by atoms with Crippen molar-refractivity contribution in [2.24, 2.45) is 5.73 Å². The van der Waals surface area contributed by atoms with Crippen LogP contribution < -0.4 is 11.2 Å². The van der Waals surface area contributed by atoms with Crippen molar-refractivity contribution in [2.45, 2.75) is 38.1 Å². The second-order valence-corrected chi connectivity index (χ2v) is 7.34. The van der Waals surface area contributed by atoms with E-state index < -0.39 is 23.0 Å². The van der Waals surface area contributed by atoms with E-state index in [1.807, 2.05) is 0 Å². The molecule has 0 bridgehead atoms. The quantitative estimate of drug-likeness (QED) is 0.643. The number of likely N-dealkylation sites (tertiary alicyclic amines) is 1. The third-order valence-corrected chi connectivity index (χ3v) is 5.23. The molecule has 1 aliphatic heterocycles. The van der Waals surface area contributed by atoms with Crippen molar-refractivity contribution >= 4 is 11.6 Å². The monoisotopic (exact) mass is 397 g/mol. The summed E-state index contributed by atoms with van der Waals surface area (Å²) in [5, 5.41) is 14.7. The summed E-state index contributed by atoms with van der Waals surface area (Å²) in [6, 6.07) is 3.03. The van der Waals surface area contributed by atoms with E-state index in [0.717, 1.165) is 25.9 Å². The number of hydrogen-bond acceptors (Lipinski definition) is 7. The molecule has 3 aromatic rings. The van der Waals surface area contributed by atoms with Crippen LogP contribution in [0.5, 0.6) is 5.75 Å². The molecule has 0 aromatic carbocycles. The second kappa shape index (κ2) is 8.04. The zero-order valence-electron chi connectivity index (χ0n) is 16.0. The predicted octanol–water partition coefficient (Wildman–Crippen LogP) is 1.38. The van der Waals surface area contributed by atoms with Gasteiger partial charge in [-0.25, -0.2) is 9.50 Å². The van der Waals surface area contributed by atoms with Gasteiger partial charge in [-0.15, -0.1) is 0 Å². The van der Waals surface area contributed by atoms with E-state index in [9.17, 15) is 14.7 Å². The molecule has 1 aliphatic rings. The van der Waals surface area contributed by atoms with Gasteiger partial charge in [-0.2, -0.15) is 5.10 Å². The van der Waals surface area contributed by atoms with Crippen LogP contribution in [0.3, 0.4) is 0 Å². The van der Waals surface area contributed by atoms with Crippen LogP contribution in [0, 0.1) is 0 Å². The van der Waals surface area contributed by atoms with Crippen molar-refractivity contribution in [2.75, 3.05) is 13.1 Å². The molecule has 0 spiro atoms. The Bertz CT molecular complexity index is 1080. The van der Waals surface area contributed by atoms with Crippen LogP contribution >= 0.6 is 0 Å². The summed E-state index contributed by atoms with van der Waals surface area (Å²) in [5.74, 6) is -1.41. The number of carbonyl (C=O) groups excluding carboxylic acids is 1. The highest BCUT2D eigenvalue weighted by Gasteiger charge is 2.28. The first-order valence-electron chi connectivity index (χ1n) is 9.67. The molecule has 152 valence electrons. The molecule has 1 atom stereocenters. The zero-order valence-corrected chi connectivity index (χ0v) is 16.0. The largest absolute Gasteiger partial charge is 0.502 e. The van der Waals surface area contributed by atoms with E-state index >= 15 is 0 Å². The Morgan fingerprint density at radius 1 is 1.31 bits per heavy atom. The van der Waals surface area contributed by atoms with Gasteiger partial charge in [0.25, 0.3) is 0 Å². The van der Waals surface area contributed by atoms with Gasteiger partial charge >= 0.3 is 0 Å². The number of rotatable bonds is 6. The Morgan fingerprint density at radius 2 is 2.10 bits per heavy atom. The maximum Gasteiger partial charge on any atom is 0.227 e. The fourth-order valence-corrected chi connectivity index (χ4v) is 3.84. The minimum atomic E-state index is -0.770. The fraction of sp³-hybridized carbons (Fsp3) is 0.400. The molecular weight excluding hydrogens is 374 g/mol. The van der Waals surface area contributed by atoms with Crippen molar-refractivity contribution in [3.8, 4) is 5.75 Å². The van der Waals surface area contributed by atoms with Crippen LogP contribution in [0.2, 0.25) is 0 Å². The maximum absolute atomic E-state index is 12.4. The zero-order chi connectivity index (χ0) is 20.4. The lowest BCUT2D eigenvalue weighted by Gasteiger charge is -2.26. The highest BCUT2D eigenvalue weighted by atomic mass is 16.4. The number of fused-ring (bicyclic) bond motifs is 1. The van der Waals surface area contributed by atoms with E-state index in [1.54, 1.807) is 29.2 Å². The van der Waals surface area contributed by atoms with E-state index in [0.29, 0.717) is 23.5 Å². The standard InChI is InChI=1S/C20H23N5O4/c21-17(27)10-14(15-11-23-25-8-4-5-22-20(15)25)19-18(28)16(26)9-13(29-19)12-24-6-2-1-3-7-24/h4-5,8-9,11,14,28H,1-3,6-7,10,12H2,(H2,21,27)/t14-/m1/s1. The van der Waals surface area contributed by atoms with E-state index in [2.05, 4.69) is 15.0 Å². The van der Waals surface area contributed by atoms with Gasteiger partial charge in [0.1, 0.15) is 5.76 Å². The first-order valence-corrected chi connectivity index (χ1v) is 9.67. The second-order valence-electron chi connectivity index (χ2n) is 7.34. The van der Waals surface area contributed by atoms with Gasteiger partial charge in [-0.05, 0) is 32.0 Å². The summed E-state index contributed by atoms with van der Waals surface area (Å²) < 4.78 is 7.51. The number of carbonyl (C=O) groups is 1. The average Bonchev–Trinajstić information content (AvgIpc) is 3.13. The first-order chi connectivity index (χ1) is 14.0. The van der Waals surface area contributed by atoms with Crippen molar-refractivity contribution < 1.29 is 14.3 Å². The molecule has 4 rings (SSSR count). The molecule has 0 radical (unpaired) electrons. The lowest BCUT2D eigenvalue weighted by Crippen LogP contribution is -2.29. The molecule has 9 heteroatoms. The van der Waals surface area contributed by atoms with Crippen LogP contribution in [-0.4, -0.2) is 43.6 Å². The molecule has 1 amide bonds. The van der Waals surface area contributed by atoms with Gasteiger partial charge in [0, 0.05) is 30.4 Å². The molecule has 4 heterocycles. The van der Waals surface area contributed by atoms with Crippen molar-refractivity contribution in [1.29, 1.82) is 0 Å². The van der Waals surface area contributed by atoms with Crippen molar-refractivity contribution in [1.82, 2.24) is 19.5 Å². The van der Waals surface area contributed by atoms with Gasteiger partial charge < -0.3 is 15.3 Å². The van der Waals surface area contributed by atoms with Crippen LogP contribution in [0.4, 0.5) is 0 Å². The number of amides is 1. The molecule has 0 aliphatic carbocycles. The maximum atomic E-state index is 12.4. The number of primary amides is 1. The first kappa shape index (κ1) is 19.1. The van der Waals surface area contributed by atoms with E-state index in [4.69, 9.17) is 10.2 Å². The summed E-state index contributed by atoms with van der Waals surface area (Å²) >= 11 is 0. The number of nitrogens with two attached hydrogens (primary N) is 1. The Hall–Kier alpha value is -3.20. The van der Waals surface area contributed by atoms with Gasteiger partial charge in [-0.1, -0.05) is 6.42 Å². The number of aromatic nitrogens is 3. The summed E-state index contributed by atoms with van der Waals surface area (Å²) in [7, 11) is 0. The minimum Gasteiger partial charge on any atom is -0.502 e. The normalized spacial score (nSPS) is 16.1. The Balaban J connectivity index is 1.77. The Kier molecular flexibility index (Phi) is 5.30. The molecule has 0 unspecified atom stereocenters. The Labute approximate surface area is 166 Å². The smallest absolute Gasteiger partial charge is 0.227 e. The lowest BCUT2D eigenvalue weighted by molar-refractivity contribution is -0.118. The van der Waals surface area contributed by atoms with Gasteiger partial charge in [-0.3, -0.25) is 14.5 Å². The number of aromatic hydroxyl groups is 1.